The van der Waals surface area contributed by atoms with Crippen molar-refractivity contribution in [3.05, 3.63) is 23.3 Å². The lowest BCUT2D eigenvalue weighted by molar-refractivity contribution is 0.332. The summed E-state index contributed by atoms with van der Waals surface area (Å²) in [5.74, 6) is 0. The minimum atomic E-state index is 0.280. The Balaban J connectivity index is 2.68. The highest BCUT2D eigenvalue weighted by Crippen LogP contribution is 2.48. The van der Waals surface area contributed by atoms with E-state index in [0.717, 1.165) is 0 Å². The monoisotopic (exact) mass is 246 g/mol. The fourth-order valence-electron chi connectivity index (χ4n) is 3.03. The molecule has 0 aliphatic heterocycles. The van der Waals surface area contributed by atoms with Crippen molar-refractivity contribution in [1.29, 1.82) is 0 Å². The van der Waals surface area contributed by atoms with Crippen molar-refractivity contribution in [1.82, 2.24) is 0 Å². The van der Waals surface area contributed by atoms with Gasteiger partial charge in [-0.1, -0.05) is 27.7 Å². The summed E-state index contributed by atoms with van der Waals surface area (Å²) >= 11 is 0. The van der Waals surface area contributed by atoms with Gasteiger partial charge in [0.2, 0.25) is 0 Å². The van der Waals surface area contributed by atoms with Gasteiger partial charge in [0, 0.05) is 14.1 Å². The first-order valence-electron chi connectivity index (χ1n) is 6.86. The third-order valence-corrected chi connectivity index (χ3v) is 4.53. The lowest BCUT2D eigenvalue weighted by atomic mass is 9.63. The van der Waals surface area contributed by atoms with Crippen LogP contribution >= 0.6 is 0 Å². The van der Waals surface area contributed by atoms with Crippen LogP contribution in [0.15, 0.2) is 12.1 Å². The van der Waals surface area contributed by atoms with Gasteiger partial charge < -0.3 is 10.6 Å². The van der Waals surface area contributed by atoms with Gasteiger partial charge >= 0.3 is 0 Å². The third kappa shape index (κ3) is 1.98. The van der Waals surface area contributed by atoms with E-state index in [4.69, 9.17) is 0 Å². The second-order valence-electron chi connectivity index (χ2n) is 6.71. The average Bonchev–Trinajstić information content (AvgIpc) is 2.33. The third-order valence-electron chi connectivity index (χ3n) is 4.53. The van der Waals surface area contributed by atoms with Crippen molar-refractivity contribution < 1.29 is 0 Å². The van der Waals surface area contributed by atoms with Crippen molar-refractivity contribution in [3.8, 4) is 0 Å². The summed E-state index contributed by atoms with van der Waals surface area (Å²) in [5.41, 5.74) is 5.96. The summed E-state index contributed by atoms with van der Waals surface area (Å²) in [7, 11) is 3.98. The molecule has 2 heteroatoms. The van der Waals surface area contributed by atoms with Crippen LogP contribution in [-0.2, 0) is 10.8 Å². The van der Waals surface area contributed by atoms with E-state index in [1.807, 2.05) is 14.1 Å². The first-order valence-corrected chi connectivity index (χ1v) is 6.86. The van der Waals surface area contributed by atoms with Crippen LogP contribution in [-0.4, -0.2) is 14.1 Å². The Morgan fingerprint density at radius 2 is 1.11 bits per heavy atom. The first kappa shape index (κ1) is 13.3. The topological polar surface area (TPSA) is 24.1 Å². The van der Waals surface area contributed by atoms with E-state index >= 15 is 0 Å². The fraction of sp³-hybridized carbons (Fsp3) is 0.625. The van der Waals surface area contributed by atoms with Crippen molar-refractivity contribution >= 4 is 11.4 Å². The summed E-state index contributed by atoms with van der Waals surface area (Å²) in [4.78, 5) is 0. The minimum Gasteiger partial charge on any atom is -0.386 e. The van der Waals surface area contributed by atoms with Crippen LogP contribution in [0.2, 0.25) is 0 Å². The zero-order valence-electron chi connectivity index (χ0n) is 12.6. The minimum absolute atomic E-state index is 0.280. The Morgan fingerprint density at radius 3 is 1.39 bits per heavy atom. The molecule has 0 amide bonds. The molecule has 1 aliphatic carbocycles. The molecule has 0 spiro atoms. The average molecular weight is 246 g/mol. The molecule has 1 aromatic rings. The number of hydrogen-bond acceptors (Lipinski definition) is 2. The quantitative estimate of drug-likeness (QED) is 0.820. The summed E-state index contributed by atoms with van der Waals surface area (Å²) in [5, 5.41) is 6.60. The van der Waals surface area contributed by atoms with E-state index in [2.05, 4.69) is 50.5 Å². The van der Waals surface area contributed by atoms with Crippen LogP contribution in [0.25, 0.3) is 0 Å². The van der Waals surface area contributed by atoms with Gasteiger partial charge in [-0.05, 0) is 46.9 Å². The molecular formula is C16H26N2. The number of benzene rings is 1. The molecule has 0 saturated carbocycles. The molecular weight excluding hydrogens is 220 g/mol. The van der Waals surface area contributed by atoms with Gasteiger partial charge in [-0.15, -0.1) is 0 Å². The Labute approximate surface area is 111 Å². The van der Waals surface area contributed by atoms with Gasteiger partial charge in [-0.3, -0.25) is 0 Å². The lowest BCUT2D eigenvalue weighted by Gasteiger charge is -2.42. The van der Waals surface area contributed by atoms with Crippen LogP contribution in [0.1, 0.15) is 51.7 Å². The molecule has 0 radical (unpaired) electrons. The van der Waals surface area contributed by atoms with Crippen molar-refractivity contribution in [2.45, 2.75) is 51.4 Å². The maximum absolute atomic E-state index is 3.30. The molecule has 0 bridgehead atoms. The van der Waals surface area contributed by atoms with Crippen LogP contribution in [0.4, 0.5) is 11.4 Å². The van der Waals surface area contributed by atoms with Gasteiger partial charge in [0.25, 0.3) is 0 Å². The number of nitrogens with one attached hydrogen (secondary N) is 2. The molecule has 100 valence electrons. The fourth-order valence-corrected chi connectivity index (χ4v) is 3.03. The molecule has 1 aromatic carbocycles. The molecule has 0 atom stereocenters. The summed E-state index contributed by atoms with van der Waals surface area (Å²) in [6, 6.07) is 4.67. The molecule has 0 aromatic heterocycles. The zero-order chi connectivity index (χ0) is 13.6. The molecule has 0 unspecified atom stereocenters. The van der Waals surface area contributed by atoms with E-state index in [9.17, 15) is 0 Å². The molecule has 1 aliphatic rings. The molecule has 2 nitrogen and oxygen atoms in total. The molecule has 0 fully saturated rings. The smallest absolute Gasteiger partial charge is 0.0576 e. The first-order chi connectivity index (χ1) is 8.31. The molecule has 0 heterocycles. The van der Waals surface area contributed by atoms with E-state index in [1.165, 1.54) is 35.3 Å². The van der Waals surface area contributed by atoms with E-state index in [0.29, 0.717) is 0 Å². The van der Waals surface area contributed by atoms with Crippen LogP contribution in [0.5, 0.6) is 0 Å². The zero-order valence-corrected chi connectivity index (χ0v) is 12.6. The van der Waals surface area contributed by atoms with Gasteiger partial charge in [0.15, 0.2) is 0 Å². The van der Waals surface area contributed by atoms with Crippen LogP contribution < -0.4 is 10.6 Å². The Morgan fingerprint density at radius 1 is 0.778 bits per heavy atom. The SMILES string of the molecule is CNc1cc2c(cc1NC)C(C)(C)CCC2(C)C. The summed E-state index contributed by atoms with van der Waals surface area (Å²) in [6.07, 6.45) is 2.52. The lowest BCUT2D eigenvalue weighted by Crippen LogP contribution is -2.34. The Bertz CT molecular complexity index is 415. The number of fused-ring (bicyclic) bond motifs is 1. The van der Waals surface area contributed by atoms with Gasteiger partial charge in [0.1, 0.15) is 0 Å². The van der Waals surface area contributed by atoms with Gasteiger partial charge in [-0.25, -0.2) is 0 Å². The van der Waals surface area contributed by atoms with E-state index in [1.54, 1.807) is 0 Å². The standard InChI is InChI=1S/C16H26N2/c1-15(2)7-8-16(3,4)12-10-14(18-6)13(17-5)9-11(12)15/h9-10,17-18H,7-8H2,1-6H3. The predicted molar refractivity (Wildman–Crippen MR) is 80.8 cm³/mol. The van der Waals surface area contributed by atoms with Crippen LogP contribution in [0.3, 0.4) is 0 Å². The number of hydrogen-bond donors (Lipinski definition) is 2. The van der Waals surface area contributed by atoms with Crippen molar-refractivity contribution in [2.75, 3.05) is 24.7 Å². The maximum Gasteiger partial charge on any atom is 0.0576 e. The largest absolute Gasteiger partial charge is 0.386 e. The van der Waals surface area contributed by atoms with Crippen molar-refractivity contribution in [2.24, 2.45) is 0 Å². The van der Waals surface area contributed by atoms with Crippen molar-refractivity contribution in [3.63, 3.8) is 0 Å². The Kier molecular flexibility index (Phi) is 3.08. The van der Waals surface area contributed by atoms with Gasteiger partial charge in [-0.2, -0.15) is 0 Å². The summed E-state index contributed by atoms with van der Waals surface area (Å²) < 4.78 is 0. The normalized spacial score (nSPS) is 20.1. The predicted octanol–water partition coefficient (Wildman–Crippen LogP) is 4.12. The summed E-state index contributed by atoms with van der Waals surface area (Å²) in [6.45, 7) is 9.44. The highest BCUT2D eigenvalue weighted by molar-refractivity contribution is 5.72. The van der Waals surface area contributed by atoms with E-state index < -0.39 is 0 Å². The highest BCUT2D eigenvalue weighted by Gasteiger charge is 2.37. The maximum atomic E-state index is 3.30. The second-order valence-corrected chi connectivity index (χ2v) is 6.71. The molecule has 2 N–H and O–H groups in total. The highest BCUT2D eigenvalue weighted by atomic mass is 14.9. The van der Waals surface area contributed by atoms with Crippen LogP contribution in [0, 0.1) is 0 Å². The number of rotatable bonds is 2. The van der Waals surface area contributed by atoms with Gasteiger partial charge in [0.05, 0.1) is 11.4 Å². The molecule has 18 heavy (non-hydrogen) atoms. The number of anilines is 2. The molecule has 0 saturated heterocycles. The second kappa shape index (κ2) is 4.18. The Hall–Kier alpha value is -1.18. The molecule has 2 rings (SSSR count). The van der Waals surface area contributed by atoms with E-state index in [-0.39, 0.29) is 10.8 Å².